The molecule has 2 aromatic heterocycles. The number of hydrogen-bond donors (Lipinski definition) is 2. The summed E-state index contributed by atoms with van der Waals surface area (Å²) in [5, 5.41) is 5.77. The topological polar surface area (TPSA) is 63.0 Å². The highest BCUT2D eigenvalue weighted by atomic mass is 19.1. The summed E-state index contributed by atoms with van der Waals surface area (Å²) in [6.45, 7) is 2.98. The van der Waals surface area contributed by atoms with E-state index in [1.54, 1.807) is 18.4 Å². The van der Waals surface area contributed by atoms with Gasteiger partial charge in [0.2, 0.25) is 5.95 Å². The lowest BCUT2D eigenvalue weighted by Crippen LogP contribution is -2.08. The Kier molecular flexibility index (Phi) is 3.54. The largest absolute Gasteiger partial charge is 0.467 e. The average Bonchev–Trinajstić information content (AvgIpc) is 2.83. The van der Waals surface area contributed by atoms with Crippen LogP contribution in [-0.4, -0.2) is 16.5 Å². The molecule has 0 aromatic carbocycles. The second-order valence-electron chi connectivity index (χ2n) is 3.35. The predicted octanol–water partition coefficient (Wildman–Crippen LogP) is 2.25. The normalized spacial score (nSPS) is 10.2. The van der Waals surface area contributed by atoms with Crippen molar-refractivity contribution < 1.29 is 8.81 Å². The van der Waals surface area contributed by atoms with Crippen LogP contribution in [-0.2, 0) is 6.54 Å². The molecule has 0 atom stereocenters. The second kappa shape index (κ2) is 5.29. The average molecular weight is 236 g/mol. The Balaban J connectivity index is 2.06. The van der Waals surface area contributed by atoms with E-state index >= 15 is 0 Å². The van der Waals surface area contributed by atoms with Gasteiger partial charge in [-0.05, 0) is 19.1 Å². The number of furan rings is 1. The number of halogens is 1. The minimum Gasteiger partial charge on any atom is -0.467 e. The van der Waals surface area contributed by atoms with Gasteiger partial charge in [0.1, 0.15) is 5.76 Å². The van der Waals surface area contributed by atoms with E-state index in [1.807, 2.05) is 6.92 Å². The summed E-state index contributed by atoms with van der Waals surface area (Å²) in [6, 6.07) is 3.58. The molecular formula is C11H13FN4O. The maximum absolute atomic E-state index is 13.4. The van der Waals surface area contributed by atoms with E-state index in [1.165, 1.54) is 0 Å². The van der Waals surface area contributed by atoms with Gasteiger partial charge in [-0.1, -0.05) is 0 Å². The second-order valence-corrected chi connectivity index (χ2v) is 3.35. The molecule has 0 aliphatic rings. The van der Waals surface area contributed by atoms with Crippen molar-refractivity contribution in [1.82, 2.24) is 9.97 Å². The Morgan fingerprint density at radius 1 is 1.41 bits per heavy atom. The molecule has 0 radical (unpaired) electrons. The molecule has 0 aliphatic carbocycles. The lowest BCUT2D eigenvalue weighted by Gasteiger charge is -2.07. The number of nitrogens with zero attached hydrogens (tertiary/aromatic N) is 2. The minimum atomic E-state index is -0.488. The van der Waals surface area contributed by atoms with Crippen LogP contribution in [0.2, 0.25) is 0 Å². The van der Waals surface area contributed by atoms with Gasteiger partial charge in [-0.2, -0.15) is 4.98 Å². The highest BCUT2D eigenvalue weighted by Gasteiger charge is 2.06. The summed E-state index contributed by atoms with van der Waals surface area (Å²) in [5.74, 6) is 0.786. The van der Waals surface area contributed by atoms with Crippen LogP contribution in [0.15, 0.2) is 29.0 Å². The molecule has 2 heterocycles. The van der Waals surface area contributed by atoms with Gasteiger partial charge in [0.15, 0.2) is 11.6 Å². The molecule has 0 spiro atoms. The van der Waals surface area contributed by atoms with E-state index in [0.717, 1.165) is 6.20 Å². The van der Waals surface area contributed by atoms with Crippen molar-refractivity contribution in [2.75, 3.05) is 17.2 Å². The van der Waals surface area contributed by atoms with Crippen LogP contribution in [0, 0.1) is 5.82 Å². The predicted molar refractivity (Wildman–Crippen MR) is 62.2 cm³/mol. The van der Waals surface area contributed by atoms with Gasteiger partial charge in [0.25, 0.3) is 0 Å². The molecule has 0 aliphatic heterocycles. The molecule has 2 N–H and O–H groups in total. The van der Waals surface area contributed by atoms with Gasteiger partial charge in [-0.15, -0.1) is 0 Å². The molecule has 0 unspecified atom stereocenters. The van der Waals surface area contributed by atoms with Crippen molar-refractivity contribution in [2.45, 2.75) is 13.5 Å². The van der Waals surface area contributed by atoms with E-state index in [4.69, 9.17) is 4.42 Å². The zero-order chi connectivity index (χ0) is 12.1. The lowest BCUT2D eigenvalue weighted by atomic mass is 10.4. The molecular weight excluding hydrogens is 223 g/mol. The van der Waals surface area contributed by atoms with Crippen LogP contribution in [0.25, 0.3) is 0 Å². The zero-order valence-electron chi connectivity index (χ0n) is 9.40. The molecule has 0 amide bonds. The van der Waals surface area contributed by atoms with Crippen molar-refractivity contribution in [3.63, 3.8) is 0 Å². The van der Waals surface area contributed by atoms with E-state index in [-0.39, 0.29) is 5.82 Å². The minimum absolute atomic E-state index is 0.160. The summed E-state index contributed by atoms with van der Waals surface area (Å²) < 4.78 is 18.5. The van der Waals surface area contributed by atoms with Gasteiger partial charge in [-0.3, -0.25) is 0 Å². The summed E-state index contributed by atoms with van der Waals surface area (Å²) in [5.41, 5.74) is 0. The third kappa shape index (κ3) is 2.93. The third-order valence-electron chi connectivity index (χ3n) is 2.09. The Labute approximate surface area is 98.1 Å². The molecule has 2 rings (SSSR count). The molecule has 0 saturated heterocycles. The quantitative estimate of drug-likeness (QED) is 0.833. The van der Waals surface area contributed by atoms with E-state index < -0.39 is 5.82 Å². The van der Waals surface area contributed by atoms with Crippen molar-refractivity contribution in [2.24, 2.45) is 0 Å². The lowest BCUT2D eigenvalue weighted by molar-refractivity contribution is 0.516. The van der Waals surface area contributed by atoms with Crippen molar-refractivity contribution in [3.05, 3.63) is 36.2 Å². The van der Waals surface area contributed by atoms with Crippen LogP contribution in [0.5, 0.6) is 0 Å². The van der Waals surface area contributed by atoms with E-state index in [9.17, 15) is 4.39 Å². The zero-order valence-corrected chi connectivity index (χ0v) is 9.40. The van der Waals surface area contributed by atoms with Gasteiger partial charge in [0.05, 0.1) is 19.0 Å². The Morgan fingerprint density at radius 3 is 3.00 bits per heavy atom. The highest BCUT2D eigenvalue weighted by molar-refractivity contribution is 5.41. The Bertz CT molecular complexity index is 472. The molecule has 0 saturated carbocycles. The van der Waals surface area contributed by atoms with Crippen LogP contribution in [0.4, 0.5) is 16.2 Å². The van der Waals surface area contributed by atoms with Crippen molar-refractivity contribution >= 4 is 11.8 Å². The Hall–Kier alpha value is -2.11. The standard InChI is InChI=1S/C11H13FN4O/c1-2-13-11-15-7-9(12)10(16-11)14-6-8-4-3-5-17-8/h3-5,7H,2,6H2,1H3,(H2,13,14,15,16). The maximum atomic E-state index is 13.4. The maximum Gasteiger partial charge on any atom is 0.224 e. The van der Waals surface area contributed by atoms with Crippen LogP contribution < -0.4 is 10.6 Å². The molecule has 90 valence electrons. The Morgan fingerprint density at radius 2 is 2.29 bits per heavy atom. The summed E-state index contributed by atoms with van der Waals surface area (Å²) >= 11 is 0. The van der Waals surface area contributed by atoms with Gasteiger partial charge < -0.3 is 15.1 Å². The SMILES string of the molecule is CCNc1ncc(F)c(NCc2ccco2)n1. The summed E-state index contributed by atoms with van der Waals surface area (Å²) in [4.78, 5) is 7.82. The fraction of sp³-hybridized carbons (Fsp3) is 0.273. The highest BCUT2D eigenvalue weighted by Crippen LogP contribution is 2.13. The fourth-order valence-electron chi connectivity index (χ4n) is 1.32. The smallest absolute Gasteiger partial charge is 0.224 e. The summed E-state index contributed by atoms with van der Waals surface area (Å²) in [7, 11) is 0. The monoisotopic (exact) mass is 236 g/mol. The number of nitrogens with one attached hydrogen (secondary N) is 2. The summed E-state index contributed by atoms with van der Waals surface area (Å²) in [6.07, 6.45) is 2.70. The van der Waals surface area contributed by atoms with Gasteiger partial charge >= 0.3 is 0 Å². The van der Waals surface area contributed by atoms with Crippen molar-refractivity contribution in [1.29, 1.82) is 0 Å². The molecule has 0 fully saturated rings. The number of hydrogen-bond acceptors (Lipinski definition) is 5. The van der Waals surface area contributed by atoms with E-state index in [2.05, 4.69) is 20.6 Å². The molecule has 5 nitrogen and oxygen atoms in total. The first-order valence-corrected chi connectivity index (χ1v) is 5.32. The fourth-order valence-corrected chi connectivity index (χ4v) is 1.32. The first kappa shape index (κ1) is 11.4. The van der Waals surface area contributed by atoms with Crippen LogP contribution >= 0.6 is 0 Å². The van der Waals surface area contributed by atoms with Crippen LogP contribution in [0.1, 0.15) is 12.7 Å². The van der Waals surface area contributed by atoms with Crippen LogP contribution in [0.3, 0.4) is 0 Å². The number of rotatable bonds is 5. The van der Waals surface area contributed by atoms with Gasteiger partial charge in [-0.25, -0.2) is 9.37 Å². The number of aromatic nitrogens is 2. The van der Waals surface area contributed by atoms with Crippen molar-refractivity contribution in [3.8, 4) is 0 Å². The molecule has 2 aromatic rings. The third-order valence-corrected chi connectivity index (χ3v) is 2.09. The molecule has 0 bridgehead atoms. The first-order chi connectivity index (χ1) is 8.29. The molecule has 17 heavy (non-hydrogen) atoms. The first-order valence-electron chi connectivity index (χ1n) is 5.32. The van der Waals surface area contributed by atoms with E-state index in [0.29, 0.717) is 24.8 Å². The number of anilines is 2. The van der Waals surface area contributed by atoms with Gasteiger partial charge in [0, 0.05) is 6.54 Å². The molecule has 6 heteroatoms.